The number of hydrogen-bond acceptors (Lipinski definition) is 8. The topological polar surface area (TPSA) is 120 Å². The summed E-state index contributed by atoms with van der Waals surface area (Å²) in [7, 11) is 0. The number of benzene rings is 1. The Morgan fingerprint density at radius 3 is 2.43 bits per heavy atom. The lowest BCUT2D eigenvalue weighted by Gasteiger charge is -2.46. The number of carbonyl (C=O) groups is 2. The van der Waals surface area contributed by atoms with Gasteiger partial charge in [0.2, 0.25) is 5.91 Å². The van der Waals surface area contributed by atoms with E-state index in [1.807, 2.05) is 30.5 Å². The molecule has 1 aromatic carbocycles. The summed E-state index contributed by atoms with van der Waals surface area (Å²) in [5.74, 6) is -0.334. The summed E-state index contributed by atoms with van der Waals surface area (Å²) < 4.78 is 16.9. The van der Waals surface area contributed by atoms with Crippen molar-refractivity contribution in [1.29, 1.82) is 0 Å². The molecule has 6 heterocycles. The molecule has 0 unspecified atom stereocenters. The maximum atomic E-state index is 14.9. The van der Waals surface area contributed by atoms with Crippen LogP contribution in [0.3, 0.4) is 0 Å². The average Bonchev–Trinajstić information content (AvgIpc) is 3.77. The second-order valence-corrected chi connectivity index (χ2v) is 17.1. The van der Waals surface area contributed by atoms with Gasteiger partial charge in [-0.3, -0.25) is 19.5 Å². The fourth-order valence-electron chi connectivity index (χ4n) is 9.00. The standard InChI is InChI=1S/C41H51FN8O3/c1-24(2)36(51)38(52)47-15-11-41(12-16-47)29-8-7-26(17-34(29)50(39(41)53)28-18-27(19-28)48-14-10-40(5,6)22-48)32-20-33-35(49(23-44-33)25(3)4)37(46-32)45-31-9-13-43-21-30(31)42/h7-9,13,17,20-21,23-25,27-28,36,51H,10-12,14-16,18-19,22H2,1-6H3,(H,43,45,46)/t27-,28+,36-/m1/s1. The number of nitrogens with one attached hydrogen (secondary N) is 1. The zero-order valence-electron chi connectivity index (χ0n) is 31.6. The van der Waals surface area contributed by atoms with E-state index in [4.69, 9.17) is 9.97 Å². The van der Waals surface area contributed by atoms with Crippen LogP contribution >= 0.6 is 0 Å². The quantitative estimate of drug-likeness (QED) is 0.213. The van der Waals surface area contributed by atoms with Crippen molar-refractivity contribution in [2.45, 2.75) is 103 Å². The number of aromatic nitrogens is 4. The largest absolute Gasteiger partial charge is 0.383 e. The van der Waals surface area contributed by atoms with Crippen molar-refractivity contribution in [3.8, 4) is 11.3 Å². The third kappa shape index (κ3) is 6.07. The second-order valence-electron chi connectivity index (χ2n) is 17.1. The first-order valence-corrected chi connectivity index (χ1v) is 19.2. The second kappa shape index (κ2) is 13.2. The van der Waals surface area contributed by atoms with Crippen LogP contribution in [0.15, 0.2) is 49.1 Å². The van der Waals surface area contributed by atoms with Crippen molar-refractivity contribution in [3.63, 3.8) is 0 Å². The molecule has 53 heavy (non-hydrogen) atoms. The highest BCUT2D eigenvalue weighted by molar-refractivity contribution is 6.09. The van der Waals surface area contributed by atoms with Crippen molar-refractivity contribution >= 4 is 40.0 Å². The van der Waals surface area contributed by atoms with E-state index in [0.29, 0.717) is 48.9 Å². The Bertz CT molecular complexity index is 2060. The van der Waals surface area contributed by atoms with Crippen molar-refractivity contribution < 1.29 is 19.1 Å². The van der Waals surface area contributed by atoms with Crippen LogP contribution in [-0.2, 0) is 15.0 Å². The van der Waals surface area contributed by atoms with E-state index in [-0.39, 0.29) is 35.5 Å². The van der Waals surface area contributed by atoms with Gasteiger partial charge >= 0.3 is 0 Å². The summed E-state index contributed by atoms with van der Waals surface area (Å²) in [5, 5.41) is 13.8. The molecule has 8 rings (SSSR count). The Morgan fingerprint density at radius 2 is 1.77 bits per heavy atom. The van der Waals surface area contributed by atoms with Crippen molar-refractivity contribution in [1.82, 2.24) is 29.3 Å². The number of pyridine rings is 2. The number of halogens is 1. The lowest BCUT2D eigenvalue weighted by molar-refractivity contribution is -0.145. The zero-order valence-corrected chi connectivity index (χ0v) is 31.6. The fourth-order valence-corrected chi connectivity index (χ4v) is 9.00. The molecule has 1 spiro atoms. The van der Waals surface area contributed by atoms with Gasteiger partial charge in [-0.05, 0) is 87.6 Å². The Morgan fingerprint density at radius 1 is 1.02 bits per heavy atom. The number of fused-ring (bicyclic) bond motifs is 3. The van der Waals surface area contributed by atoms with Crippen molar-refractivity contribution in [3.05, 3.63) is 60.4 Å². The number of nitrogens with zero attached hydrogens (tertiary/aromatic N) is 7. The minimum absolute atomic E-state index is 0.0797. The van der Waals surface area contributed by atoms with Gasteiger partial charge in [0.25, 0.3) is 5.91 Å². The van der Waals surface area contributed by atoms with Crippen LogP contribution in [0.4, 0.5) is 21.6 Å². The maximum absolute atomic E-state index is 14.9. The number of anilines is 3. The summed E-state index contributed by atoms with van der Waals surface area (Å²) in [6, 6.07) is 10.4. The molecule has 3 fully saturated rings. The Labute approximate surface area is 310 Å². The van der Waals surface area contributed by atoms with Crippen LogP contribution < -0.4 is 10.2 Å². The van der Waals surface area contributed by atoms with E-state index in [2.05, 4.69) is 59.9 Å². The van der Waals surface area contributed by atoms with Gasteiger partial charge in [-0.15, -0.1) is 0 Å². The summed E-state index contributed by atoms with van der Waals surface area (Å²) in [5.41, 5.74) is 4.73. The van der Waals surface area contributed by atoms with Crippen LogP contribution in [-0.4, -0.2) is 90.6 Å². The zero-order chi connectivity index (χ0) is 37.4. The molecule has 3 aromatic heterocycles. The number of likely N-dealkylation sites (tertiary alicyclic amines) is 2. The minimum atomic E-state index is -1.05. The number of aliphatic hydroxyl groups is 1. The van der Waals surface area contributed by atoms with Gasteiger partial charge in [-0.2, -0.15) is 0 Å². The number of rotatable bonds is 8. The van der Waals surface area contributed by atoms with Crippen LogP contribution in [0, 0.1) is 17.2 Å². The van der Waals surface area contributed by atoms with Crippen LogP contribution in [0.25, 0.3) is 22.3 Å². The van der Waals surface area contributed by atoms with Gasteiger partial charge in [0.15, 0.2) is 11.6 Å². The highest BCUT2D eigenvalue weighted by Crippen LogP contribution is 2.52. The number of hydrogen-bond donors (Lipinski definition) is 2. The Kier molecular flexibility index (Phi) is 8.84. The number of piperidine rings is 1. The van der Waals surface area contributed by atoms with Gasteiger partial charge in [0.05, 0.1) is 34.8 Å². The molecule has 280 valence electrons. The molecule has 0 radical (unpaired) electrons. The molecular formula is C41H51FN8O3. The third-order valence-corrected chi connectivity index (χ3v) is 12.3. The van der Waals surface area contributed by atoms with E-state index in [0.717, 1.165) is 53.8 Å². The average molecular weight is 723 g/mol. The first-order chi connectivity index (χ1) is 25.3. The fraction of sp³-hybridized carbons (Fsp3) is 0.537. The minimum Gasteiger partial charge on any atom is -0.383 e. The molecule has 1 aliphatic carbocycles. The molecule has 2 saturated heterocycles. The molecule has 4 aliphatic rings. The maximum Gasteiger partial charge on any atom is 0.251 e. The van der Waals surface area contributed by atoms with Crippen LogP contribution in [0.2, 0.25) is 0 Å². The van der Waals surface area contributed by atoms with E-state index in [9.17, 15) is 19.1 Å². The van der Waals surface area contributed by atoms with Crippen LogP contribution in [0.5, 0.6) is 0 Å². The molecule has 0 bridgehead atoms. The number of aliphatic hydroxyl groups excluding tert-OH is 1. The number of amides is 2. The molecule has 2 amide bonds. The van der Waals surface area contributed by atoms with Gasteiger partial charge in [0, 0.05) is 55.2 Å². The van der Waals surface area contributed by atoms with E-state index >= 15 is 0 Å². The van der Waals surface area contributed by atoms with Gasteiger partial charge in [0.1, 0.15) is 11.6 Å². The summed E-state index contributed by atoms with van der Waals surface area (Å²) >= 11 is 0. The summed E-state index contributed by atoms with van der Waals surface area (Å²) in [4.78, 5) is 48.1. The summed E-state index contributed by atoms with van der Waals surface area (Å²) in [6.45, 7) is 15.5. The van der Waals surface area contributed by atoms with Crippen molar-refractivity contribution in [2.24, 2.45) is 11.3 Å². The Balaban J connectivity index is 1.17. The monoisotopic (exact) mass is 722 g/mol. The molecular weight excluding hydrogens is 672 g/mol. The lowest BCUT2D eigenvalue weighted by Crippen LogP contribution is -2.58. The highest BCUT2D eigenvalue weighted by atomic mass is 19.1. The first kappa shape index (κ1) is 35.6. The van der Waals surface area contributed by atoms with E-state index < -0.39 is 17.3 Å². The predicted octanol–water partition coefficient (Wildman–Crippen LogP) is 6.44. The molecule has 11 nitrogen and oxygen atoms in total. The lowest BCUT2D eigenvalue weighted by atomic mass is 9.73. The van der Waals surface area contributed by atoms with Crippen molar-refractivity contribution in [2.75, 3.05) is 36.4 Å². The SMILES string of the molecule is CC(C)[C@@H](O)C(=O)N1CCC2(CC1)C(=O)N([C@H]1C[C@@H](N3CCC(C)(C)C3)C1)c1cc(-c3cc4ncn(C(C)C)c4c(Nc4ccncc4F)n3)ccc12. The highest BCUT2D eigenvalue weighted by Gasteiger charge is 2.56. The van der Waals surface area contributed by atoms with Gasteiger partial charge in [-0.1, -0.05) is 39.8 Å². The number of carbonyl (C=O) groups excluding carboxylic acids is 2. The molecule has 3 aliphatic heterocycles. The van der Waals surface area contributed by atoms with Gasteiger partial charge < -0.3 is 24.8 Å². The van der Waals surface area contributed by atoms with E-state index in [1.54, 1.807) is 17.3 Å². The summed E-state index contributed by atoms with van der Waals surface area (Å²) in [6.07, 6.45) is 7.49. The Hall–Kier alpha value is -4.42. The predicted molar refractivity (Wildman–Crippen MR) is 203 cm³/mol. The first-order valence-electron chi connectivity index (χ1n) is 19.2. The van der Waals surface area contributed by atoms with Gasteiger partial charge in [-0.25, -0.2) is 14.4 Å². The van der Waals surface area contributed by atoms with E-state index in [1.165, 1.54) is 18.8 Å². The molecule has 1 saturated carbocycles. The molecule has 12 heteroatoms. The molecule has 2 N–H and O–H groups in total. The third-order valence-electron chi connectivity index (χ3n) is 12.3. The normalized spacial score (nSPS) is 22.9. The number of imidazole rings is 1. The molecule has 4 aromatic rings. The van der Waals surface area contributed by atoms with Crippen LogP contribution in [0.1, 0.15) is 85.3 Å². The molecule has 1 atom stereocenters. The smallest absolute Gasteiger partial charge is 0.251 e.